The summed E-state index contributed by atoms with van der Waals surface area (Å²) >= 11 is 0. The molecule has 0 radical (unpaired) electrons. The van der Waals surface area contributed by atoms with Crippen molar-refractivity contribution in [1.29, 1.82) is 0 Å². The van der Waals surface area contributed by atoms with Crippen molar-refractivity contribution in [3.05, 3.63) is 42.5 Å². The van der Waals surface area contributed by atoms with E-state index in [4.69, 9.17) is 0 Å². The molecule has 1 heterocycles. The molecular formula is C17H18F2N4O5. The summed E-state index contributed by atoms with van der Waals surface area (Å²) in [4.78, 5) is 48.8. The standard InChI is InChI=1S/C17H18F2N4O5/c1-3-8-20-15(26)21-12(24)9-23-13(25)17(2,22-16(23)27)10-4-6-11(7-5-10)28-14(18)19/h3-7,14H,1,8-9H2,2H3,(H,22,27)(H2,20,21,24,26)/t17-/m1/s1. The van der Waals surface area contributed by atoms with Gasteiger partial charge in [0, 0.05) is 6.54 Å². The first-order valence-electron chi connectivity index (χ1n) is 8.05. The molecule has 1 aromatic rings. The summed E-state index contributed by atoms with van der Waals surface area (Å²) in [6, 6.07) is 3.53. The predicted molar refractivity (Wildman–Crippen MR) is 92.4 cm³/mol. The number of carbonyl (C=O) groups excluding carboxylic acids is 4. The number of alkyl halides is 2. The molecule has 9 nitrogen and oxygen atoms in total. The average molecular weight is 396 g/mol. The molecule has 1 aromatic carbocycles. The third-order valence-electron chi connectivity index (χ3n) is 3.89. The minimum atomic E-state index is -2.99. The van der Waals surface area contributed by atoms with Crippen molar-refractivity contribution >= 4 is 23.9 Å². The molecule has 0 unspecified atom stereocenters. The lowest BCUT2D eigenvalue weighted by atomic mass is 9.92. The van der Waals surface area contributed by atoms with E-state index in [2.05, 4.69) is 21.9 Å². The molecule has 1 aliphatic heterocycles. The zero-order valence-corrected chi connectivity index (χ0v) is 14.8. The van der Waals surface area contributed by atoms with E-state index in [0.29, 0.717) is 10.5 Å². The van der Waals surface area contributed by atoms with Crippen molar-refractivity contribution in [1.82, 2.24) is 20.9 Å². The number of amides is 6. The number of hydrogen-bond donors (Lipinski definition) is 3. The van der Waals surface area contributed by atoms with Crippen molar-refractivity contribution in [3.63, 3.8) is 0 Å². The molecule has 28 heavy (non-hydrogen) atoms. The van der Waals surface area contributed by atoms with Gasteiger partial charge in [0.2, 0.25) is 5.91 Å². The van der Waals surface area contributed by atoms with E-state index in [0.717, 1.165) is 0 Å². The number of imide groups is 2. The second-order valence-corrected chi connectivity index (χ2v) is 5.90. The second-order valence-electron chi connectivity index (χ2n) is 5.90. The molecule has 150 valence electrons. The first-order chi connectivity index (χ1) is 13.2. The van der Waals surface area contributed by atoms with Crippen LogP contribution in [0.15, 0.2) is 36.9 Å². The van der Waals surface area contributed by atoms with Crippen molar-refractivity contribution in [2.75, 3.05) is 13.1 Å². The number of rotatable bonds is 7. The van der Waals surface area contributed by atoms with Crippen LogP contribution in [0.1, 0.15) is 12.5 Å². The quantitative estimate of drug-likeness (QED) is 0.471. The Kier molecular flexibility index (Phi) is 6.29. The Bertz CT molecular complexity index is 799. The van der Waals surface area contributed by atoms with Crippen molar-refractivity contribution in [2.24, 2.45) is 0 Å². The van der Waals surface area contributed by atoms with Gasteiger partial charge in [-0.3, -0.25) is 19.8 Å². The maximum absolute atomic E-state index is 12.7. The first-order valence-corrected chi connectivity index (χ1v) is 8.05. The molecule has 1 saturated heterocycles. The summed E-state index contributed by atoms with van der Waals surface area (Å²) in [5, 5.41) is 6.74. The van der Waals surface area contributed by atoms with Gasteiger partial charge in [0.05, 0.1) is 0 Å². The molecule has 3 N–H and O–H groups in total. The van der Waals surface area contributed by atoms with E-state index in [9.17, 15) is 28.0 Å². The third-order valence-corrected chi connectivity index (χ3v) is 3.89. The van der Waals surface area contributed by atoms with Crippen LogP contribution in [0.2, 0.25) is 0 Å². The fraction of sp³-hybridized carbons (Fsp3) is 0.294. The zero-order chi connectivity index (χ0) is 20.9. The smallest absolute Gasteiger partial charge is 0.387 e. The number of urea groups is 2. The molecule has 0 aliphatic carbocycles. The molecule has 0 saturated carbocycles. The lowest BCUT2D eigenvalue weighted by molar-refractivity contribution is -0.134. The van der Waals surface area contributed by atoms with E-state index in [1.54, 1.807) is 0 Å². The number of ether oxygens (including phenoxy) is 1. The molecule has 6 amide bonds. The van der Waals surface area contributed by atoms with E-state index >= 15 is 0 Å². The van der Waals surface area contributed by atoms with Crippen LogP contribution in [-0.4, -0.2) is 48.5 Å². The SMILES string of the molecule is C=CCNC(=O)NC(=O)CN1C(=O)N[C@](C)(c2ccc(OC(F)F)cc2)C1=O. The normalized spacial score (nSPS) is 18.6. The first kappa shape index (κ1) is 20.8. The largest absolute Gasteiger partial charge is 0.435 e. The zero-order valence-electron chi connectivity index (χ0n) is 14.8. The highest BCUT2D eigenvalue weighted by Crippen LogP contribution is 2.30. The molecule has 0 spiro atoms. The lowest BCUT2D eigenvalue weighted by Gasteiger charge is -2.22. The Balaban J connectivity index is 2.08. The summed E-state index contributed by atoms with van der Waals surface area (Å²) in [6.45, 7) is 1.27. The van der Waals surface area contributed by atoms with Gasteiger partial charge in [-0.25, -0.2) is 9.59 Å². The Morgan fingerprint density at radius 2 is 1.96 bits per heavy atom. The van der Waals surface area contributed by atoms with Gasteiger partial charge in [-0.15, -0.1) is 6.58 Å². The number of halogens is 2. The van der Waals surface area contributed by atoms with Gasteiger partial charge in [-0.2, -0.15) is 8.78 Å². The minimum Gasteiger partial charge on any atom is -0.435 e. The monoisotopic (exact) mass is 396 g/mol. The summed E-state index contributed by atoms with van der Waals surface area (Å²) in [6.07, 6.45) is 1.41. The van der Waals surface area contributed by atoms with Crippen LogP contribution in [0.4, 0.5) is 18.4 Å². The van der Waals surface area contributed by atoms with Crippen LogP contribution >= 0.6 is 0 Å². The van der Waals surface area contributed by atoms with Gasteiger partial charge in [0.15, 0.2) is 0 Å². The molecule has 1 atom stereocenters. The Labute approximate surface area is 158 Å². The highest BCUT2D eigenvalue weighted by atomic mass is 19.3. The second kappa shape index (κ2) is 8.46. The Morgan fingerprint density at radius 1 is 1.32 bits per heavy atom. The molecule has 0 aromatic heterocycles. The van der Waals surface area contributed by atoms with Crippen LogP contribution in [-0.2, 0) is 15.1 Å². The number of nitrogens with one attached hydrogen (secondary N) is 3. The number of hydrogen-bond acceptors (Lipinski definition) is 5. The predicted octanol–water partition coefficient (Wildman–Crippen LogP) is 1.07. The maximum atomic E-state index is 12.7. The van der Waals surface area contributed by atoms with E-state index in [-0.39, 0.29) is 12.3 Å². The molecule has 0 bridgehead atoms. The van der Waals surface area contributed by atoms with Crippen molar-refractivity contribution in [3.8, 4) is 5.75 Å². The Hall–Kier alpha value is -3.50. The number of nitrogens with zero attached hydrogens (tertiary/aromatic N) is 1. The van der Waals surface area contributed by atoms with Crippen LogP contribution in [0.3, 0.4) is 0 Å². The fourth-order valence-electron chi connectivity index (χ4n) is 2.52. The van der Waals surface area contributed by atoms with Gasteiger partial charge >= 0.3 is 18.7 Å². The summed E-state index contributed by atoms with van der Waals surface area (Å²) < 4.78 is 28.7. The van der Waals surface area contributed by atoms with Crippen LogP contribution in [0.25, 0.3) is 0 Å². The number of benzene rings is 1. The lowest BCUT2D eigenvalue weighted by Crippen LogP contribution is -2.46. The van der Waals surface area contributed by atoms with Crippen molar-refractivity contribution < 1.29 is 32.7 Å². The van der Waals surface area contributed by atoms with Gasteiger partial charge < -0.3 is 15.4 Å². The van der Waals surface area contributed by atoms with Crippen LogP contribution in [0, 0.1) is 0 Å². The highest BCUT2D eigenvalue weighted by Gasteiger charge is 2.49. The average Bonchev–Trinajstić information content (AvgIpc) is 2.84. The summed E-state index contributed by atoms with van der Waals surface area (Å²) in [7, 11) is 0. The highest BCUT2D eigenvalue weighted by molar-refractivity contribution is 6.10. The van der Waals surface area contributed by atoms with Crippen molar-refractivity contribution in [2.45, 2.75) is 19.1 Å². The molecular weight excluding hydrogens is 378 g/mol. The summed E-state index contributed by atoms with van der Waals surface area (Å²) in [5.41, 5.74) is -1.20. The maximum Gasteiger partial charge on any atom is 0.387 e. The van der Waals surface area contributed by atoms with E-state index in [1.807, 2.05) is 5.32 Å². The fourth-order valence-corrected chi connectivity index (χ4v) is 2.52. The van der Waals surface area contributed by atoms with E-state index < -0.39 is 42.6 Å². The van der Waals surface area contributed by atoms with Gasteiger partial charge in [0.25, 0.3) is 5.91 Å². The minimum absolute atomic E-state index is 0.110. The molecule has 1 fully saturated rings. The molecule has 1 aliphatic rings. The van der Waals surface area contributed by atoms with Crippen LogP contribution in [0.5, 0.6) is 5.75 Å². The summed E-state index contributed by atoms with van der Waals surface area (Å²) in [5.74, 6) is -1.71. The molecule has 11 heteroatoms. The van der Waals surface area contributed by atoms with Gasteiger partial charge in [-0.1, -0.05) is 18.2 Å². The van der Waals surface area contributed by atoms with Crippen LogP contribution < -0.4 is 20.7 Å². The molecule has 2 rings (SSSR count). The van der Waals surface area contributed by atoms with E-state index in [1.165, 1.54) is 37.3 Å². The van der Waals surface area contributed by atoms with Gasteiger partial charge in [-0.05, 0) is 24.6 Å². The number of carbonyl (C=O) groups is 4. The third kappa shape index (κ3) is 4.61. The topological polar surface area (TPSA) is 117 Å². The van der Waals surface area contributed by atoms with Gasteiger partial charge in [0.1, 0.15) is 17.8 Å². The Morgan fingerprint density at radius 3 is 2.54 bits per heavy atom.